The first-order chi connectivity index (χ1) is 10.2. The summed E-state index contributed by atoms with van der Waals surface area (Å²) in [5, 5.41) is 8.76. The number of amides is 1. The molecule has 1 aromatic carbocycles. The largest absolute Gasteiger partial charge is 0.394 e. The summed E-state index contributed by atoms with van der Waals surface area (Å²) in [6.07, 6.45) is 1.80. The van der Waals surface area contributed by atoms with Crippen LogP contribution >= 0.6 is 0 Å². The van der Waals surface area contributed by atoms with Crippen LogP contribution in [0.15, 0.2) is 24.3 Å². The second-order valence-electron chi connectivity index (χ2n) is 5.22. The number of hydrogen-bond acceptors (Lipinski definition) is 4. The number of carbonyl (C=O) groups excluding carboxylic acids is 1. The second-order valence-corrected chi connectivity index (χ2v) is 5.22. The van der Waals surface area contributed by atoms with Crippen LogP contribution < -0.4 is 0 Å². The fraction of sp³-hybridized carbons (Fsp3) is 0.562. The van der Waals surface area contributed by atoms with Crippen molar-refractivity contribution in [1.82, 2.24) is 4.90 Å². The fourth-order valence-electron chi connectivity index (χ4n) is 2.59. The molecule has 116 valence electrons. The van der Waals surface area contributed by atoms with Crippen molar-refractivity contribution in [2.75, 3.05) is 33.4 Å². The van der Waals surface area contributed by atoms with Gasteiger partial charge in [-0.3, -0.25) is 4.79 Å². The van der Waals surface area contributed by atoms with E-state index in [2.05, 4.69) is 0 Å². The van der Waals surface area contributed by atoms with Crippen LogP contribution in [0.1, 0.15) is 28.8 Å². The lowest BCUT2D eigenvalue weighted by molar-refractivity contribution is -0.00554. The van der Waals surface area contributed by atoms with Gasteiger partial charge in [-0.05, 0) is 30.5 Å². The zero-order valence-electron chi connectivity index (χ0n) is 12.5. The fourth-order valence-corrected chi connectivity index (χ4v) is 2.59. The van der Waals surface area contributed by atoms with Crippen LogP contribution in [-0.2, 0) is 16.1 Å². The van der Waals surface area contributed by atoms with Crippen LogP contribution in [0.4, 0.5) is 0 Å². The molecule has 1 amide bonds. The van der Waals surface area contributed by atoms with Gasteiger partial charge in [0.15, 0.2) is 0 Å². The molecule has 1 heterocycles. The molecule has 2 rings (SSSR count). The molecule has 0 spiro atoms. The van der Waals surface area contributed by atoms with E-state index in [0.717, 1.165) is 18.4 Å². The molecule has 0 aliphatic carbocycles. The van der Waals surface area contributed by atoms with E-state index in [1.54, 1.807) is 7.11 Å². The topological polar surface area (TPSA) is 59.0 Å². The molecular weight excluding hydrogens is 270 g/mol. The Hall–Kier alpha value is -1.43. The number of benzene rings is 1. The number of likely N-dealkylation sites (tertiary alicyclic amines) is 1. The van der Waals surface area contributed by atoms with Crippen LogP contribution in [0.5, 0.6) is 0 Å². The highest BCUT2D eigenvalue weighted by molar-refractivity contribution is 5.94. The van der Waals surface area contributed by atoms with Gasteiger partial charge in [-0.15, -0.1) is 0 Å². The number of aliphatic hydroxyl groups excluding tert-OH is 1. The first-order valence-corrected chi connectivity index (χ1v) is 7.34. The van der Waals surface area contributed by atoms with Gasteiger partial charge < -0.3 is 19.5 Å². The van der Waals surface area contributed by atoms with Crippen molar-refractivity contribution in [1.29, 1.82) is 0 Å². The number of hydrogen-bond donors (Lipinski definition) is 1. The Bertz CT molecular complexity index is 455. The van der Waals surface area contributed by atoms with Gasteiger partial charge in [-0.25, -0.2) is 0 Å². The van der Waals surface area contributed by atoms with E-state index in [0.29, 0.717) is 31.9 Å². The number of carbonyl (C=O) groups is 1. The first kappa shape index (κ1) is 15.9. The molecule has 0 aromatic heterocycles. The highest BCUT2D eigenvalue weighted by Gasteiger charge is 2.24. The minimum absolute atomic E-state index is 0.0471. The van der Waals surface area contributed by atoms with Crippen LogP contribution in [0, 0.1) is 0 Å². The number of piperidine rings is 1. The highest BCUT2D eigenvalue weighted by atomic mass is 16.5. The van der Waals surface area contributed by atoms with E-state index in [9.17, 15) is 4.79 Å². The maximum Gasteiger partial charge on any atom is 0.253 e. The molecule has 1 fully saturated rings. The number of rotatable bonds is 6. The summed E-state index contributed by atoms with van der Waals surface area (Å²) in [4.78, 5) is 14.3. The second kappa shape index (κ2) is 8.12. The Morgan fingerprint density at radius 1 is 1.38 bits per heavy atom. The standard InChI is InChI=1S/C16H23NO4/c1-20-12-13-3-2-4-14(11-13)16(19)17-7-5-15(6-8-17)21-10-9-18/h2-4,11,15,18H,5-10,12H2,1H3. The zero-order chi connectivity index (χ0) is 15.1. The molecule has 1 aromatic rings. The molecule has 5 heteroatoms. The maximum atomic E-state index is 12.5. The zero-order valence-corrected chi connectivity index (χ0v) is 12.5. The molecule has 5 nitrogen and oxygen atoms in total. The molecule has 1 saturated heterocycles. The van der Waals surface area contributed by atoms with Crippen molar-refractivity contribution in [2.24, 2.45) is 0 Å². The maximum absolute atomic E-state index is 12.5. The Morgan fingerprint density at radius 2 is 2.14 bits per heavy atom. The molecule has 0 unspecified atom stereocenters. The summed E-state index contributed by atoms with van der Waals surface area (Å²) >= 11 is 0. The molecular formula is C16H23NO4. The third-order valence-electron chi connectivity index (χ3n) is 3.66. The van der Waals surface area contributed by atoms with Crippen molar-refractivity contribution in [3.8, 4) is 0 Å². The summed E-state index contributed by atoms with van der Waals surface area (Å²) in [6, 6.07) is 7.57. The predicted molar refractivity (Wildman–Crippen MR) is 79.1 cm³/mol. The van der Waals surface area contributed by atoms with E-state index >= 15 is 0 Å². The Kier molecular flexibility index (Phi) is 6.17. The molecule has 0 atom stereocenters. The van der Waals surface area contributed by atoms with E-state index in [1.165, 1.54) is 0 Å². The average Bonchev–Trinajstić information content (AvgIpc) is 2.53. The molecule has 1 aliphatic rings. The number of nitrogens with zero attached hydrogens (tertiary/aromatic N) is 1. The van der Waals surface area contributed by atoms with E-state index in [4.69, 9.17) is 14.6 Å². The van der Waals surface area contributed by atoms with Gasteiger partial charge >= 0.3 is 0 Å². The monoisotopic (exact) mass is 293 g/mol. The SMILES string of the molecule is COCc1cccc(C(=O)N2CCC(OCCO)CC2)c1. The number of aliphatic hydroxyl groups is 1. The molecule has 0 saturated carbocycles. The van der Waals surface area contributed by atoms with Crippen LogP contribution in [0.2, 0.25) is 0 Å². The molecule has 1 N–H and O–H groups in total. The molecule has 0 radical (unpaired) electrons. The van der Waals surface area contributed by atoms with Gasteiger partial charge in [0.25, 0.3) is 5.91 Å². The van der Waals surface area contributed by atoms with Gasteiger partial charge in [0.1, 0.15) is 0 Å². The first-order valence-electron chi connectivity index (χ1n) is 7.34. The summed E-state index contributed by atoms with van der Waals surface area (Å²) in [5.74, 6) is 0.0635. The van der Waals surface area contributed by atoms with Gasteiger partial charge in [0.2, 0.25) is 0 Å². The minimum Gasteiger partial charge on any atom is -0.394 e. The minimum atomic E-state index is 0.0471. The van der Waals surface area contributed by atoms with Crippen molar-refractivity contribution in [3.05, 3.63) is 35.4 Å². The van der Waals surface area contributed by atoms with Crippen LogP contribution in [0.3, 0.4) is 0 Å². The number of ether oxygens (including phenoxy) is 2. The van der Waals surface area contributed by atoms with E-state index in [-0.39, 0.29) is 18.6 Å². The predicted octanol–water partition coefficient (Wildman–Crippen LogP) is 1.45. The van der Waals surface area contributed by atoms with Crippen molar-refractivity contribution >= 4 is 5.91 Å². The summed E-state index contributed by atoms with van der Waals surface area (Å²) in [6.45, 7) is 2.33. The Morgan fingerprint density at radius 3 is 2.81 bits per heavy atom. The Labute approximate surface area is 125 Å². The Balaban J connectivity index is 1.91. The average molecular weight is 293 g/mol. The smallest absolute Gasteiger partial charge is 0.253 e. The van der Waals surface area contributed by atoms with E-state index in [1.807, 2.05) is 29.2 Å². The summed E-state index contributed by atoms with van der Waals surface area (Å²) < 4.78 is 10.6. The highest BCUT2D eigenvalue weighted by Crippen LogP contribution is 2.17. The van der Waals surface area contributed by atoms with Crippen molar-refractivity contribution < 1.29 is 19.4 Å². The van der Waals surface area contributed by atoms with Crippen molar-refractivity contribution in [2.45, 2.75) is 25.6 Å². The lowest BCUT2D eigenvalue weighted by Gasteiger charge is -2.32. The lowest BCUT2D eigenvalue weighted by Crippen LogP contribution is -2.41. The third kappa shape index (κ3) is 4.52. The summed E-state index contributed by atoms with van der Waals surface area (Å²) in [5.41, 5.74) is 1.71. The molecule has 21 heavy (non-hydrogen) atoms. The van der Waals surface area contributed by atoms with Crippen molar-refractivity contribution in [3.63, 3.8) is 0 Å². The molecule has 1 aliphatic heterocycles. The normalized spacial score (nSPS) is 16.2. The summed E-state index contributed by atoms with van der Waals surface area (Å²) in [7, 11) is 1.64. The van der Waals surface area contributed by atoms with Crippen LogP contribution in [-0.4, -0.2) is 55.4 Å². The van der Waals surface area contributed by atoms with E-state index < -0.39 is 0 Å². The lowest BCUT2D eigenvalue weighted by atomic mass is 10.1. The van der Waals surface area contributed by atoms with Gasteiger partial charge in [0.05, 0.1) is 25.9 Å². The van der Waals surface area contributed by atoms with Gasteiger partial charge in [-0.2, -0.15) is 0 Å². The molecule has 0 bridgehead atoms. The van der Waals surface area contributed by atoms with Gasteiger partial charge in [-0.1, -0.05) is 12.1 Å². The number of methoxy groups -OCH3 is 1. The quantitative estimate of drug-likeness (QED) is 0.862. The van der Waals surface area contributed by atoms with Gasteiger partial charge in [0, 0.05) is 25.8 Å². The third-order valence-corrected chi connectivity index (χ3v) is 3.66. The van der Waals surface area contributed by atoms with Crippen LogP contribution in [0.25, 0.3) is 0 Å².